The second kappa shape index (κ2) is 9.98. The van der Waals surface area contributed by atoms with Crippen molar-refractivity contribution >= 4 is 5.91 Å². The van der Waals surface area contributed by atoms with Crippen LogP contribution in [0.25, 0.3) is 0 Å². The Hall–Kier alpha value is -0.900. The zero-order chi connectivity index (χ0) is 16.4. The summed E-state index contributed by atoms with van der Waals surface area (Å²) in [5, 5.41) is 5.29. The van der Waals surface area contributed by atoms with Crippen molar-refractivity contribution in [3.8, 4) is 0 Å². The minimum atomic E-state index is -4.37. The van der Waals surface area contributed by atoms with Gasteiger partial charge in [0.05, 0.1) is 13.2 Å². The highest BCUT2D eigenvalue weighted by atomic mass is 19.4. The Bertz CT molecular complexity index is 323. The summed E-state index contributed by atoms with van der Waals surface area (Å²) in [7, 11) is 0. The molecule has 0 aromatic heterocycles. The van der Waals surface area contributed by atoms with Gasteiger partial charge in [0.15, 0.2) is 0 Å². The molecular formula is C13H24F3N3O3. The van der Waals surface area contributed by atoms with Crippen LogP contribution in [0.4, 0.5) is 13.2 Å². The summed E-state index contributed by atoms with van der Waals surface area (Å²) in [6, 6.07) is -1.66. The van der Waals surface area contributed by atoms with Crippen molar-refractivity contribution in [3.05, 3.63) is 0 Å². The van der Waals surface area contributed by atoms with E-state index < -0.39 is 24.7 Å². The molecule has 0 saturated carbocycles. The average Bonchev–Trinajstić information content (AvgIpc) is 2.47. The van der Waals surface area contributed by atoms with Gasteiger partial charge < -0.3 is 20.1 Å². The molecule has 6 nitrogen and oxygen atoms in total. The number of nitrogens with zero attached hydrogens (tertiary/aromatic N) is 1. The molecule has 0 radical (unpaired) electrons. The highest BCUT2D eigenvalue weighted by molar-refractivity contribution is 5.77. The third kappa shape index (κ3) is 7.39. The summed E-state index contributed by atoms with van der Waals surface area (Å²) >= 11 is 0. The lowest BCUT2D eigenvalue weighted by molar-refractivity contribution is -0.184. The van der Waals surface area contributed by atoms with Gasteiger partial charge in [-0.05, 0) is 6.92 Å². The molecule has 1 heterocycles. The molecule has 0 aromatic rings. The number of rotatable bonds is 9. The molecule has 1 saturated heterocycles. The third-order valence-electron chi connectivity index (χ3n) is 3.27. The molecule has 1 fully saturated rings. The monoisotopic (exact) mass is 327 g/mol. The number of amides is 1. The summed E-state index contributed by atoms with van der Waals surface area (Å²) in [4.78, 5) is 12.9. The van der Waals surface area contributed by atoms with Gasteiger partial charge in [-0.15, -0.1) is 0 Å². The molecular weight excluding hydrogens is 303 g/mol. The Morgan fingerprint density at radius 2 is 1.91 bits per heavy atom. The number of alkyl halides is 3. The smallest absolute Gasteiger partial charge is 0.379 e. The normalized spacial score (nSPS) is 18.2. The lowest BCUT2D eigenvalue weighted by atomic mass is 10.2. The fourth-order valence-corrected chi connectivity index (χ4v) is 2.13. The SMILES string of the molecule is CCOCCOCC(=O)NCC(N1CCNCC1)C(F)(F)F. The number of carbonyl (C=O) groups is 1. The molecule has 1 rings (SSSR count). The van der Waals surface area contributed by atoms with Crippen LogP contribution in [0.15, 0.2) is 0 Å². The van der Waals surface area contributed by atoms with Gasteiger partial charge in [-0.1, -0.05) is 0 Å². The molecule has 22 heavy (non-hydrogen) atoms. The molecule has 1 amide bonds. The Kier molecular flexibility index (Phi) is 8.69. The van der Waals surface area contributed by atoms with Crippen LogP contribution in [0.2, 0.25) is 0 Å². The predicted molar refractivity (Wildman–Crippen MR) is 74.6 cm³/mol. The molecule has 0 spiro atoms. The van der Waals surface area contributed by atoms with E-state index in [9.17, 15) is 18.0 Å². The minimum Gasteiger partial charge on any atom is -0.379 e. The molecule has 130 valence electrons. The highest BCUT2D eigenvalue weighted by Crippen LogP contribution is 2.24. The Morgan fingerprint density at radius 1 is 1.27 bits per heavy atom. The number of ether oxygens (including phenoxy) is 2. The molecule has 0 bridgehead atoms. The summed E-state index contributed by atoms with van der Waals surface area (Å²) in [5.74, 6) is -0.555. The van der Waals surface area contributed by atoms with E-state index >= 15 is 0 Å². The van der Waals surface area contributed by atoms with E-state index in [2.05, 4.69) is 10.6 Å². The molecule has 1 aliphatic rings. The number of hydrogen-bond donors (Lipinski definition) is 2. The molecule has 2 N–H and O–H groups in total. The molecule has 1 atom stereocenters. The molecule has 1 unspecified atom stereocenters. The zero-order valence-electron chi connectivity index (χ0n) is 12.7. The first-order valence-electron chi connectivity index (χ1n) is 7.38. The van der Waals surface area contributed by atoms with E-state index in [-0.39, 0.29) is 13.2 Å². The van der Waals surface area contributed by atoms with Crippen LogP contribution >= 0.6 is 0 Å². The van der Waals surface area contributed by atoms with Crippen LogP contribution in [0.1, 0.15) is 6.92 Å². The van der Waals surface area contributed by atoms with E-state index in [0.717, 1.165) is 0 Å². The second-order valence-electron chi connectivity index (χ2n) is 4.90. The first kappa shape index (κ1) is 19.1. The maximum atomic E-state index is 13.1. The molecule has 0 aromatic carbocycles. The summed E-state index contributed by atoms with van der Waals surface area (Å²) in [6.45, 7) is 3.90. The second-order valence-corrected chi connectivity index (χ2v) is 4.90. The van der Waals surface area contributed by atoms with Crippen molar-refractivity contribution in [2.45, 2.75) is 19.1 Å². The Labute approximate surface area is 128 Å². The quantitative estimate of drug-likeness (QED) is 0.584. The maximum absolute atomic E-state index is 13.1. The number of halogens is 3. The van der Waals surface area contributed by atoms with Crippen molar-refractivity contribution in [1.29, 1.82) is 0 Å². The zero-order valence-corrected chi connectivity index (χ0v) is 12.7. The summed E-state index contributed by atoms with van der Waals surface area (Å²) < 4.78 is 49.3. The summed E-state index contributed by atoms with van der Waals surface area (Å²) in [6.07, 6.45) is -4.37. The molecule has 9 heteroatoms. The first-order valence-corrected chi connectivity index (χ1v) is 7.38. The number of piperazine rings is 1. The van der Waals surface area contributed by atoms with E-state index in [1.54, 1.807) is 0 Å². The number of carbonyl (C=O) groups excluding carboxylic acids is 1. The Morgan fingerprint density at radius 3 is 2.50 bits per heavy atom. The van der Waals surface area contributed by atoms with Crippen molar-refractivity contribution in [2.75, 3.05) is 59.2 Å². The van der Waals surface area contributed by atoms with Crippen LogP contribution in [-0.4, -0.2) is 82.2 Å². The van der Waals surface area contributed by atoms with Gasteiger partial charge >= 0.3 is 6.18 Å². The number of nitrogens with one attached hydrogen (secondary N) is 2. The Balaban J connectivity index is 2.31. The maximum Gasteiger partial charge on any atom is 0.405 e. The average molecular weight is 327 g/mol. The van der Waals surface area contributed by atoms with Crippen molar-refractivity contribution in [1.82, 2.24) is 15.5 Å². The van der Waals surface area contributed by atoms with Gasteiger partial charge in [-0.25, -0.2) is 0 Å². The predicted octanol–water partition coefficient (Wildman–Crippen LogP) is -0.00820. The van der Waals surface area contributed by atoms with Gasteiger partial charge in [-0.2, -0.15) is 13.2 Å². The fraction of sp³-hybridized carbons (Fsp3) is 0.923. The van der Waals surface area contributed by atoms with Crippen molar-refractivity contribution in [3.63, 3.8) is 0 Å². The molecule has 0 aliphatic carbocycles. The summed E-state index contributed by atoms with van der Waals surface area (Å²) in [5.41, 5.74) is 0. The van der Waals surface area contributed by atoms with E-state index in [1.165, 1.54) is 4.90 Å². The topological polar surface area (TPSA) is 62.8 Å². The highest BCUT2D eigenvalue weighted by Gasteiger charge is 2.43. The van der Waals surface area contributed by atoms with Crippen molar-refractivity contribution < 1.29 is 27.4 Å². The van der Waals surface area contributed by atoms with Gasteiger partial charge in [0.2, 0.25) is 5.91 Å². The standard InChI is InChI=1S/C13H24F3N3O3/c1-2-21-7-8-22-10-12(20)18-9-11(13(14,15)16)19-5-3-17-4-6-19/h11,17H,2-10H2,1H3,(H,18,20). The van der Waals surface area contributed by atoms with Gasteiger partial charge in [0.25, 0.3) is 0 Å². The van der Waals surface area contributed by atoms with Crippen LogP contribution in [0.5, 0.6) is 0 Å². The number of hydrogen-bond acceptors (Lipinski definition) is 5. The fourth-order valence-electron chi connectivity index (χ4n) is 2.13. The van der Waals surface area contributed by atoms with E-state index in [0.29, 0.717) is 39.4 Å². The van der Waals surface area contributed by atoms with Gasteiger partial charge in [0.1, 0.15) is 12.6 Å². The van der Waals surface area contributed by atoms with Gasteiger partial charge in [0, 0.05) is 39.3 Å². The first-order chi connectivity index (χ1) is 10.4. The van der Waals surface area contributed by atoms with Crippen molar-refractivity contribution in [2.24, 2.45) is 0 Å². The van der Waals surface area contributed by atoms with E-state index in [1.807, 2.05) is 6.92 Å². The van der Waals surface area contributed by atoms with Crippen LogP contribution in [0, 0.1) is 0 Å². The van der Waals surface area contributed by atoms with Crippen LogP contribution in [0.3, 0.4) is 0 Å². The minimum absolute atomic E-state index is 0.238. The van der Waals surface area contributed by atoms with Crippen LogP contribution < -0.4 is 10.6 Å². The largest absolute Gasteiger partial charge is 0.405 e. The lowest BCUT2D eigenvalue weighted by Crippen LogP contribution is -2.57. The third-order valence-corrected chi connectivity index (χ3v) is 3.27. The molecule has 1 aliphatic heterocycles. The van der Waals surface area contributed by atoms with Gasteiger partial charge in [-0.3, -0.25) is 9.69 Å². The lowest BCUT2D eigenvalue weighted by Gasteiger charge is -2.35. The van der Waals surface area contributed by atoms with Crippen LogP contribution in [-0.2, 0) is 14.3 Å². The van der Waals surface area contributed by atoms with E-state index in [4.69, 9.17) is 9.47 Å².